The summed E-state index contributed by atoms with van der Waals surface area (Å²) in [6.45, 7) is 4.03. The van der Waals surface area contributed by atoms with E-state index < -0.39 is 22.7 Å². The molecule has 2 spiro atoms. The van der Waals surface area contributed by atoms with Crippen LogP contribution in [-0.4, -0.2) is 17.1 Å². The van der Waals surface area contributed by atoms with Crippen molar-refractivity contribution in [2.75, 3.05) is 4.90 Å². The average molecular weight is 502 g/mol. The van der Waals surface area contributed by atoms with Crippen molar-refractivity contribution in [3.63, 3.8) is 0 Å². The van der Waals surface area contributed by atoms with Gasteiger partial charge < -0.3 is 14.4 Å². The van der Waals surface area contributed by atoms with Crippen LogP contribution in [0.2, 0.25) is 0 Å². The van der Waals surface area contributed by atoms with Crippen LogP contribution in [0.5, 0.6) is 11.5 Å². The van der Waals surface area contributed by atoms with Crippen LogP contribution in [0.3, 0.4) is 0 Å². The van der Waals surface area contributed by atoms with E-state index in [1.54, 1.807) is 4.90 Å². The highest BCUT2D eigenvalue weighted by molar-refractivity contribution is 6.11. The largest absolute Gasteiger partial charge is 0.487 e. The summed E-state index contributed by atoms with van der Waals surface area (Å²) in [7, 11) is 0. The number of para-hydroxylation sites is 1. The minimum absolute atomic E-state index is 0.0247. The van der Waals surface area contributed by atoms with Crippen LogP contribution < -0.4 is 14.4 Å². The molecule has 0 radical (unpaired) electrons. The molecule has 4 aliphatic rings. The minimum atomic E-state index is -0.967. The van der Waals surface area contributed by atoms with Crippen LogP contribution in [0.15, 0.2) is 54.6 Å². The molecule has 190 valence electrons. The van der Waals surface area contributed by atoms with Crippen LogP contribution in [0.25, 0.3) is 0 Å². The Morgan fingerprint density at radius 3 is 2.49 bits per heavy atom. The van der Waals surface area contributed by atoms with Gasteiger partial charge in [0.2, 0.25) is 5.91 Å². The van der Waals surface area contributed by atoms with Crippen molar-refractivity contribution in [1.82, 2.24) is 0 Å². The molecule has 3 aliphatic heterocycles. The molecule has 0 saturated heterocycles. The maximum Gasteiger partial charge on any atom is 0.242 e. The number of hydrogen-bond acceptors (Lipinski definition) is 3. The van der Waals surface area contributed by atoms with Crippen molar-refractivity contribution in [2.45, 2.75) is 75.5 Å². The number of hydrogen-bond donors (Lipinski definition) is 0. The Morgan fingerprint density at radius 1 is 0.919 bits per heavy atom. The van der Waals surface area contributed by atoms with Crippen molar-refractivity contribution in [3.05, 3.63) is 88.5 Å². The van der Waals surface area contributed by atoms with E-state index in [-0.39, 0.29) is 23.6 Å². The lowest BCUT2D eigenvalue weighted by molar-refractivity contribution is -0.124. The van der Waals surface area contributed by atoms with Gasteiger partial charge in [-0.3, -0.25) is 4.79 Å². The Labute approximate surface area is 215 Å². The van der Waals surface area contributed by atoms with Gasteiger partial charge in [0.05, 0.1) is 6.54 Å². The van der Waals surface area contributed by atoms with E-state index in [9.17, 15) is 13.6 Å². The summed E-state index contributed by atoms with van der Waals surface area (Å²) < 4.78 is 41.3. The zero-order valence-corrected chi connectivity index (χ0v) is 21.1. The third-order valence-electron chi connectivity index (χ3n) is 8.75. The van der Waals surface area contributed by atoms with E-state index in [2.05, 4.69) is 6.07 Å². The second kappa shape index (κ2) is 7.56. The minimum Gasteiger partial charge on any atom is -0.487 e. The zero-order valence-electron chi connectivity index (χ0n) is 21.1. The van der Waals surface area contributed by atoms with Crippen LogP contribution in [0.1, 0.15) is 68.2 Å². The van der Waals surface area contributed by atoms with Crippen LogP contribution in [-0.2, 0) is 23.2 Å². The number of carbonyl (C=O) groups excluding carboxylic acids is 1. The molecule has 0 bridgehead atoms. The van der Waals surface area contributed by atoms with E-state index in [1.807, 2.05) is 44.2 Å². The SMILES string of the molecule is CC1(C)CC2(C(=O)N(Cc3ccc(F)cc3F)c3ccccc32)c2cc3c(cc2O1)OC1(CCC1)CC3. The smallest absolute Gasteiger partial charge is 0.242 e. The number of anilines is 1. The molecule has 37 heavy (non-hydrogen) atoms. The third kappa shape index (κ3) is 3.27. The average Bonchev–Trinajstić information content (AvgIpc) is 3.06. The van der Waals surface area contributed by atoms with E-state index in [0.717, 1.165) is 59.9 Å². The Hall–Kier alpha value is -3.41. The molecule has 3 aromatic carbocycles. The fourth-order valence-corrected chi connectivity index (χ4v) is 6.89. The van der Waals surface area contributed by atoms with Gasteiger partial charge in [0.25, 0.3) is 0 Å². The number of benzene rings is 3. The lowest BCUT2D eigenvalue weighted by Crippen LogP contribution is -2.51. The molecule has 3 aromatic rings. The molecule has 0 aromatic heterocycles. The Balaban J connectivity index is 1.38. The summed E-state index contributed by atoms with van der Waals surface area (Å²) >= 11 is 0. The first-order chi connectivity index (χ1) is 17.7. The molecule has 4 nitrogen and oxygen atoms in total. The van der Waals surface area contributed by atoms with Gasteiger partial charge in [-0.2, -0.15) is 0 Å². The lowest BCUT2D eigenvalue weighted by Gasteiger charge is -2.47. The van der Waals surface area contributed by atoms with E-state index >= 15 is 0 Å². The summed E-state index contributed by atoms with van der Waals surface area (Å²) in [5.74, 6) is 0.129. The van der Waals surface area contributed by atoms with Crippen molar-refractivity contribution in [1.29, 1.82) is 0 Å². The summed E-state index contributed by atoms with van der Waals surface area (Å²) in [5, 5.41) is 0. The van der Waals surface area contributed by atoms with Crippen LogP contribution in [0, 0.1) is 11.6 Å². The van der Waals surface area contributed by atoms with Crippen molar-refractivity contribution >= 4 is 11.6 Å². The van der Waals surface area contributed by atoms with Gasteiger partial charge in [-0.1, -0.05) is 24.3 Å². The Bertz CT molecular complexity index is 1460. The maximum atomic E-state index is 14.7. The van der Waals surface area contributed by atoms with Gasteiger partial charge >= 0.3 is 0 Å². The number of fused-ring (bicyclic) bond motifs is 5. The number of halogens is 2. The normalized spacial score (nSPS) is 24.1. The molecule has 1 fully saturated rings. The Morgan fingerprint density at radius 2 is 1.73 bits per heavy atom. The number of rotatable bonds is 2. The van der Waals surface area contributed by atoms with Gasteiger partial charge in [0.1, 0.15) is 39.8 Å². The molecule has 6 heteroatoms. The van der Waals surface area contributed by atoms with E-state index in [0.29, 0.717) is 12.2 Å². The summed E-state index contributed by atoms with van der Waals surface area (Å²) in [5.41, 5.74) is 2.24. The van der Waals surface area contributed by atoms with Gasteiger partial charge in [-0.15, -0.1) is 0 Å². The van der Waals surface area contributed by atoms with Crippen LogP contribution >= 0.6 is 0 Å². The van der Waals surface area contributed by atoms with E-state index in [1.165, 1.54) is 18.6 Å². The number of carbonyl (C=O) groups is 1. The zero-order chi connectivity index (χ0) is 25.6. The first-order valence-corrected chi connectivity index (χ1v) is 13.1. The molecule has 3 heterocycles. The number of nitrogens with zero attached hydrogens (tertiary/aromatic N) is 1. The van der Waals surface area contributed by atoms with E-state index in [4.69, 9.17) is 9.47 Å². The van der Waals surface area contributed by atoms with Gasteiger partial charge in [0, 0.05) is 35.4 Å². The molecular formula is C31H29F2NO3. The van der Waals surface area contributed by atoms with Gasteiger partial charge in [0.15, 0.2) is 0 Å². The molecular weight excluding hydrogens is 472 g/mol. The fourth-order valence-electron chi connectivity index (χ4n) is 6.89. The summed E-state index contributed by atoms with van der Waals surface area (Å²) in [4.78, 5) is 16.2. The first-order valence-electron chi connectivity index (χ1n) is 13.1. The highest BCUT2D eigenvalue weighted by Crippen LogP contribution is 2.58. The predicted octanol–water partition coefficient (Wildman–Crippen LogP) is 6.61. The van der Waals surface area contributed by atoms with Crippen molar-refractivity contribution < 1.29 is 23.0 Å². The molecule has 1 atom stereocenters. The predicted molar refractivity (Wildman–Crippen MR) is 136 cm³/mol. The topological polar surface area (TPSA) is 38.8 Å². The van der Waals surface area contributed by atoms with Crippen molar-refractivity contribution in [2.24, 2.45) is 0 Å². The fraction of sp³-hybridized carbons (Fsp3) is 0.387. The number of aryl methyl sites for hydroxylation is 1. The lowest BCUT2D eigenvalue weighted by atomic mass is 9.66. The van der Waals surface area contributed by atoms with Crippen LogP contribution in [0.4, 0.5) is 14.5 Å². The third-order valence-corrected chi connectivity index (χ3v) is 8.75. The van der Waals surface area contributed by atoms with Gasteiger partial charge in [-0.05, 0) is 75.3 Å². The molecule has 0 N–H and O–H groups in total. The van der Waals surface area contributed by atoms with Gasteiger partial charge in [-0.25, -0.2) is 8.78 Å². The quantitative estimate of drug-likeness (QED) is 0.397. The molecule has 1 aliphatic carbocycles. The standard InChI is InChI=1S/C31H29F2NO3/c1-29(2)18-31(23-14-19-10-13-30(11-5-12-30)37-26(19)16-27(23)36-29)22-6-3-4-7-25(22)34(28(31)35)17-20-8-9-21(32)15-24(20)33/h3-4,6-9,14-16H,5,10-13,17-18H2,1-2H3. The molecule has 1 unspecified atom stereocenters. The van der Waals surface area contributed by atoms with Crippen molar-refractivity contribution in [3.8, 4) is 11.5 Å². The monoisotopic (exact) mass is 501 g/mol. The molecule has 1 amide bonds. The Kier molecular flexibility index (Phi) is 4.65. The second-order valence-corrected chi connectivity index (χ2v) is 11.7. The molecule has 1 saturated carbocycles. The summed E-state index contributed by atoms with van der Waals surface area (Å²) in [6, 6.07) is 15.4. The highest BCUT2D eigenvalue weighted by atomic mass is 19.1. The first kappa shape index (κ1) is 22.8. The number of ether oxygens (including phenoxy) is 2. The summed E-state index contributed by atoms with van der Waals surface area (Å²) in [6.07, 6.45) is 5.71. The molecule has 7 rings (SSSR count). The number of amides is 1. The maximum absolute atomic E-state index is 14.7. The second-order valence-electron chi connectivity index (χ2n) is 11.7. The highest BCUT2D eigenvalue weighted by Gasteiger charge is 2.58.